The molecule has 1 amide bonds. The Hall–Kier alpha value is -1.14. The SMILES string of the molecule is C[C@H](N)C(=O)N1CCN(CCC(=O)O)CC1. The highest BCUT2D eigenvalue weighted by Crippen LogP contribution is 2.04. The molecule has 1 saturated heterocycles. The van der Waals surface area contributed by atoms with Crippen LogP contribution >= 0.6 is 0 Å². The van der Waals surface area contributed by atoms with E-state index in [0.29, 0.717) is 19.6 Å². The van der Waals surface area contributed by atoms with Crippen LogP contribution in [-0.2, 0) is 9.59 Å². The molecule has 0 radical (unpaired) electrons. The number of nitrogens with zero attached hydrogens (tertiary/aromatic N) is 2. The summed E-state index contributed by atoms with van der Waals surface area (Å²) < 4.78 is 0. The van der Waals surface area contributed by atoms with E-state index in [1.165, 1.54) is 0 Å². The van der Waals surface area contributed by atoms with Crippen molar-refractivity contribution in [3.05, 3.63) is 0 Å². The Morgan fingerprint density at radius 3 is 2.31 bits per heavy atom. The van der Waals surface area contributed by atoms with E-state index in [-0.39, 0.29) is 12.3 Å². The van der Waals surface area contributed by atoms with Gasteiger partial charge in [0.05, 0.1) is 12.5 Å². The van der Waals surface area contributed by atoms with Crippen LogP contribution in [0.3, 0.4) is 0 Å². The molecule has 1 atom stereocenters. The highest BCUT2D eigenvalue weighted by Gasteiger charge is 2.22. The van der Waals surface area contributed by atoms with Crippen molar-refractivity contribution in [2.24, 2.45) is 5.73 Å². The van der Waals surface area contributed by atoms with Crippen LogP contribution in [-0.4, -0.2) is 65.5 Å². The van der Waals surface area contributed by atoms with Crippen molar-refractivity contribution in [2.45, 2.75) is 19.4 Å². The van der Waals surface area contributed by atoms with Crippen molar-refractivity contribution in [1.29, 1.82) is 0 Å². The number of carbonyl (C=O) groups is 2. The zero-order chi connectivity index (χ0) is 12.1. The van der Waals surface area contributed by atoms with Crippen LogP contribution < -0.4 is 5.73 Å². The molecule has 0 unspecified atom stereocenters. The molecule has 0 saturated carbocycles. The zero-order valence-corrected chi connectivity index (χ0v) is 9.56. The molecule has 3 N–H and O–H groups in total. The predicted octanol–water partition coefficient (Wildman–Crippen LogP) is -1.05. The van der Waals surface area contributed by atoms with Gasteiger partial charge < -0.3 is 15.7 Å². The van der Waals surface area contributed by atoms with E-state index in [2.05, 4.69) is 4.90 Å². The summed E-state index contributed by atoms with van der Waals surface area (Å²) in [6.45, 7) is 4.96. The lowest BCUT2D eigenvalue weighted by molar-refractivity contribution is -0.138. The van der Waals surface area contributed by atoms with Gasteiger partial charge in [0.25, 0.3) is 0 Å². The molecule has 0 aromatic heterocycles. The van der Waals surface area contributed by atoms with E-state index in [1.54, 1.807) is 11.8 Å². The van der Waals surface area contributed by atoms with Crippen molar-refractivity contribution in [2.75, 3.05) is 32.7 Å². The smallest absolute Gasteiger partial charge is 0.304 e. The molecule has 1 rings (SSSR count). The van der Waals surface area contributed by atoms with Crippen molar-refractivity contribution in [3.63, 3.8) is 0 Å². The summed E-state index contributed by atoms with van der Waals surface area (Å²) in [6.07, 6.45) is 0.154. The minimum absolute atomic E-state index is 0.0297. The first-order valence-corrected chi connectivity index (χ1v) is 5.49. The molecule has 0 aromatic carbocycles. The fraction of sp³-hybridized carbons (Fsp3) is 0.800. The first-order valence-electron chi connectivity index (χ1n) is 5.49. The molecule has 0 spiro atoms. The largest absolute Gasteiger partial charge is 0.481 e. The molecule has 92 valence electrons. The van der Waals surface area contributed by atoms with Crippen LogP contribution in [0.1, 0.15) is 13.3 Å². The average molecular weight is 229 g/mol. The van der Waals surface area contributed by atoms with E-state index in [9.17, 15) is 9.59 Å². The van der Waals surface area contributed by atoms with Crippen molar-refractivity contribution in [3.8, 4) is 0 Å². The quantitative estimate of drug-likeness (QED) is 0.642. The number of rotatable bonds is 4. The maximum absolute atomic E-state index is 11.6. The molecule has 0 aliphatic carbocycles. The third-order valence-electron chi connectivity index (χ3n) is 2.72. The van der Waals surface area contributed by atoms with Crippen LogP contribution in [0.15, 0.2) is 0 Å². The number of carbonyl (C=O) groups excluding carboxylic acids is 1. The Balaban J connectivity index is 2.28. The lowest BCUT2D eigenvalue weighted by Gasteiger charge is -2.35. The van der Waals surface area contributed by atoms with Crippen LogP contribution in [0.25, 0.3) is 0 Å². The minimum Gasteiger partial charge on any atom is -0.481 e. The van der Waals surface area contributed by atoms with E-state index < -0.39 is 12.0 Å². The highest BCUT2D eigenvalue weighted by atomic mass is 16.4. The fourth-order valence-electron chi connectivity index (χ4n) is 1.73. The average Bonchev–Trinajstić information content (AvgIpc) is 2.26. The molecule has 6 heteroatoms. The van der Waals surface area contributed by atoms with Crippen molar-refractivity contribution >= 4 is 11.9 Å². The normalized spacial score (nSPS) is 19.5. The summed E-state index contributed by atoms with van der Waals surface area (Å²) in [6, 6.07) is -0.453. The van der Waals surface area contributed by atoms with Crippen LogP contribution in [0.5, 0.6) is 0 Å². The van der Waals surface area contributed by atoms with Gasteiger partial charge in [0.1, 0.15) is 0 Å². The Morgan fingerprint density at radius 2 is 1.88 bits per heavy atom. The Labute approximate surface area is 95.0 Å². The van der Waals surface area contributed by atoms with Gasteiger partial charge in [-0.3, -0.25) is 14.5 Å². The van der Waals surface area contributed by atoms with Crippen LogP contribution in [0.4, 0.5) is 0 Å². The number of hydrogen-bond donors (Lipinski definition) is 2. The molecule has 1 aliphatic rings. The first kappa shape index (κ1) is 12.9. The van der Waals surface area contributed by atoms with Gasteiger partial charge in [-0.2, -0.15) is 0 Å². The van der Waals surface area contributed by atoms with Gasteiger partial charge in [-0.15, -0.1) is 0 Å². The lowest BCUT2D eigenvalue weighted by Crippen LogP contribution is -2.52. The molecular formula is C10H19N3O3. The molecule has 0 aromatic rings. The molecular weight excluding hydrogens is 210 g/mol. The van der Waals surface area contributed by atoms with Crippen LogP contribution in [0.2, 0.25) is 0 Å². The molecule has 1 aliphatic heterocycles. The summed E-state index contributed by atoms with van der Waals surface area (Å²) in [4.78, 5) is 25.7. The zero-order valence-electron chi connectivity index (χ0n) is 9.56. The maximum atomic E-state index is 11.6. The van der Waals surface area contributed by atoms with Gasteiger partial charge in [-0.05, 0) is 6.92 Å². The summed E-state index contributed by atoms with van der Waals surface area (Å²) in [5.41, 5.74) is 5.52. The number of piperazine rings is 1. The first-order chi connectivity index (χ1) is 7.50. The standard InChI is InChI=1S/C10H19N3O3/c1-8(11)10(16)13-6-4-12(5-7-13)3-2-9(14)15/h8H,2-7,11H2,1H3,(H,14,15)/t8-/m0/s1. The van der Waals surface area contributed by atoms with Crippen LogP contribution in [0, 0.1) is 0 Å². The predicted molar refractivity (Wildman–Crippen MR) is 58.9 cm³/mol. The number of carboxylic acids is 1. The monoisotopic (exact) mass is 229 g/mol. The minimum atomic E-state index is -0.783. The van der Waals surface area contributed by atoms with Gasteiger partial charge in [0, 0.05) is 32.7 Å². The third-order valence-corrected chi connectivity index (χ3v) is 2.72. The number of nitrogens with two attached hydrogens (primary N) is 1. The van der Waals surface area contributed by atoms with Gasteiger partial charge in [0.2, 0.25) is 5.91 Å². The van der Waals surface area contributed by atoms with E-state index in [0.717, 1.165) is 13.1 Å². The number of carboxylic acid groups (broad SMARTS) is 1. The second kappa shape index (κ2) is 5.81. The summed E-state index contributed by atoms with van der Waals surface area (Å²) >= 11 is 0. The van der Waals surface area contributed by atoms with Gasteiger partial charge in [-0.25, -0.2) is 0 Å². The second-order valence-corrected chi connectivity index (χ2v) is 4.10. The number of hydrogen-bond acceptors (Lipinski definition) is 4. The molecule has 0 bridgehead atoms. The number of aliphatic carboxylic acids is 1. The molecule has 1 heterocycles. The third kappa shape index (κ3) is 3.79. The van der Waals surface area contributed by atoms with E-state index >= 15 is 0 Å². The maximum Gasteiger partial charge on any atom is 0.304 e. The summed E-state index contributed by atoms with van der Waals surface area (Å²) in [5.74, 6) is -0.813. The summed E-state index contributed by atoms with van der Waals surface area (Å²) in [5, 5.41) is 8.55. The Morgan fingerprint density at radius 1 is 1.31 bits per heavy atom. The van der Waals surface area contributed by atoms with Gasteiger partial charge in [0.15, 0.2) is 0 Å². The van der Waals surface area contributed by atoms with Crippen molar-refractivity contribution < 1.29 is 14.7 Å². The van der Waals surface area contributed by atoms with Gasteiger partial charge in [-0.1, -0.05) is 0 Å². The highest BCUT2D eigenvalue weighted by molar-refractivity contribution is 5.81. The fourth-order valence-corrected chi connectivity index (χ4v) is 1.73. The Kier molecular flexibility index (Phi) is 4.70. The second-order valence-electron chi connectivity index (χ2n) is 4.10. The molecule has 1 fully saturated rings. The van der Waals surface area contributed by atoms with E-state index in [4.69, 9.17) is 10.8 Å². The topological polar surface area (TPSA) is 86.9 Å². The number of amides is 1. The molecule has 16 heavy (non-hydrogen) atoms. The van der Waals surface area contributed by atoms with Gasteiger partial charge >= 0.3 is 5.97 Å². The van der Waals surface area contributed by atoms with E-state index in [1.807, 2.05) is 0 Å². The molecule has 6 nitrogen and oxygen atoms in total. The Bertz CT molecular complexity index is 260. The van der Waals surface area contributed by atoms with Crippen molar-refractivity contribution in [1.82, 2.24) is 9.80 Å². The lowest BCUT2D eigenvalue weighted by atomic mass is 10.2. The summed E-state index contributed by atoms with van der Waals surface area (Å²) in [7, 11) is 0.